The Kier molecular flexibility index (Phi) is 4.63. The van der Waals surface area contributed by atoms with Crippen LogP contribution in [0.25, 0.3) is 11.3 Å². The van der Waals surface area contributed by atoms with Crippen LogP contribution in [0.5, 0.6) is 0 Å². The normalized spacial score (nSPS) is 14.5. The number of thiazole rings is 1. The standard InChI is InChI=1S/C19H20N4OS/c1-14-3-2-4-18(20-14)22-19-21-17(13-25-19)15-5-7-16(8-6-15)23-9-11-24-12-10-23/h2-8,13H,9-12H2,1H3,(H,20,21,22). The zero-order chi connectivity index (χ0) is 17.1. The monoisotopic (exact) mass is 352 g/mol. The first-order chi connectivity index (χ1) is 12.3. The largest absolute Gasteiger partial charge is 0.378 e. The van der Waals surface area contributed by atoms with Gasteiger partial charge in [0.2, 0.25) is 0 Å². The molecule has 0 amide bonds. The summed E-state index contributed by atoms with van der Waals surface area (Å²) in [6, 6.07) is 14.5. The van der Waals surface area contributed by atoms with Crippen molar-refractivity contribution >= 4 is 28.0 Å². The maximum Gasteiger partial charge on any atom is 0.188 e. The molecule has 1 aromatic carbocycles. The van der Waals surface area contributed by atoms with Gasteiger partial charge in [0, 0.05) is 35.4 Å². The molecule has 6 heteroatoms. The summed E-state index contributed by atoms with van der Waals surface area (Å²) in [6.45, 7) is 5.49. The van der Waals surface area contributed by atoms with E-state index in [2.05, 4.69) is 49.8 Å². The topological polar surface area (TPSA) is 50.3 Å². The number of aromatic nitrogens is 2. The predicted molar refractivity (Wildman–Crippen MR) is 103 cm³/mol. The molecule has 25 heavy (non-hydrogen) atoms. The molecule has 0 unspecified atom stereocenters. The van der Waals surface area contributed by atoms with Crippen LogP contribution in [-0.2, 0) is 4.74 Å². The Morgan fingerprint density at radius 1 is 1.04 bits per heavy atom. The van der Waals surface area contributed by atoms with Gasteiger partial charge in [-0.3, -0.25) is 0 Å². The third-order valence-corrected chi connectivity index (χ3v) is 4.92. The second kappa shape index (κ2) is 7.21. The summed E-state index contributed by atoms with van der Waals surface area (Å²) in [6.07, 6.45) is 0. The van der Waals surface area contributed by atoms with Gasteiger partial charge in [-0.05, 0) is 31.2 Å². The Hall–Kier alpha value is -2.44. The van der Waals surface area contributed by atoms with E-state index in [1.54, 1.807) is 11.3 Å². The van der Waals surface area contributed by atoms with E-state index in [1.807, 2.05) is 25.1 Å². The third kappa shape index (κ3) is 3.81. The van der Waals surface area contributed by atoms with Crippen molar-refractivity contribution in [2.45, 2.75) is 6.92 Å². The first-order valence-corrected chi connectivity index (χ1v) is 9.25. The number of anilines is 3. The molecule has 0 radical (unpaired) electrons. The van der Waals surface area contributed by atoms with Crippen molar-refractivity contribution in [3.05, 3.63) is 53.5 Å². The molecule has 1 aliphatic rings. The maximum absolute atomic E-state index is 5.41. The van der Waals surface area contributed by atoms with Gasteiger partial charge in [0.05, 0.1) is 18.9 Å². The Balaban J connectivity index is 1.48. The molecule has 1 N–H and O–H groups in total. The van der Waals surface area contributed by atoms with Gasteiger partial charge in [0.1, 0.15) is 5.82 Å². The minimum absolute atomic E-state index is 0.801. The lowest BCUT2D eigenvalue weighted by Gasteiger charge is -2.28. The Labute approximate surface area is 151 Å². The van der Waals surface area contributed by atoms with Crippen LogP contribution in [0.15, 0.2) is 47.8 Å². The lowest BCUT2D eigenvalue weighted by atomic mass is 10.1. The number of benzene rings is 1. The Morgan fingerprint density at radius 3 is 2.60 bits per heavy atom. The van der Waals surface area contributed by atoms with Crippen LogP contribution in [0, 0.1) is 6.92 Å². The summed E-state index contributed by atoms with van der Waals surface area (Å²) in [5.74, 6) is 0.823. The minimum Gasteiger partial charge on any atom is -0.378 e. The highest BCUT2D eigenvalue weighted by Crippen LogP contribution is 2.28. The third-order valence-electron chi connectivity index (χ3n) is 4.17. The zero-order valence-electron chi connectivity index (χ0n) is 14.1. The second-order valence-electron chi connectivity index (χ2n) is 5.97. The van der Waals surface area contributed by atoms with Gasteiger partial charge in [-0.25, -0.2) is 9.97 Å². The molecule has 0 aliphatic carbocycles. The van der Waals surface area contributed by atoms with Gasteiger partial charge < -0.3 is 15.0 Å². The molecule has 3 aromatic rings. The summed E-state index contributed by atoms with van der Waals surface area (Å²) in [7, 11) is 0. The first-order valence-electron chi connectivity index (χ1n) is 8.37. The van der Waals surface area contributed by atoms with Gasteiger partial charge in [0.15, 0.2) is 5.13 Å². The van der Waals surface area contributed by atoms with Crippen LogP contribution in [0.2, 0.25) is 0 Å². The van der Waals surface area contributed by atoms with Crippen LogP contribution in [0.4, 0.5) is 16.6 Å². The SMILES string of the molecule is Cc1cccc(Nc2nc(-c3ccc(N4CCOCC4)cc3)cs2)n1. The maximum atomic E-state index is 5.41. The molecule has 0 spiro atoms. The number of hydrogen-bond donors (Lipinski definition) is 1. The molecule has 3 heterocycles. The number of hydrogen-bond acceptors (Lipinski definition) is 6. The van der Waals surface area contributed by atoms with Crippen LogP contribution >= 0.6 is 11.3 Å². The van der Waals surface area contributed by atoms with E-state index in [9.17, 15) is 0 Å². The van der Waals surface area contributed by atoms with E-state index in [-0.39, 0.29) is 0 Å². The van der Waals surface area contributed by atoms with Gasteiger partial charge in [-0.15, -0.1) is 11.3 Å². The molecule has 0 atom stereocenters. The van der Waals surface area contributed by atoms with Gasteiger partial charge in [-0.2, -0.15) is 0 Å². The lowest BCUT2D eigenvalue weighted by Crippen LogP contribution is -2.36. The van der Waals surface area contributed by atoms with Crippen LogP contribution in [-0.4, -0.2) is 36.3 Å². The van der Waals surface area contributed by atoms with Crippen molar-refractivity contribution in [2.24, 2.45) is 0 Å². The van der Waals surface area contributed by atoms with Crippen LogP contribution in [0.1, 0.15) is 5.69 Å². The highest BCUT2D eigenvalue weighted by molar-refractivity contribution is 7.14. The first kappa shape index (κ1) is 16.1. The minimum atomic E-state index is 0.801. The van der Waals surface area contributed by atoms with Gasteiger partial charge in [-0.1, -0.05) is 18.2 Å². The zero-order valence-corrected chi connectivity index (χ0v) is 14.9. The number of aryl methyl sites for hydroxylation is 1. The highest BCUT2D eigenvalue weighted by Gasteiger charge is 2.12. The second-order valence-corrected chi connectivity index (χ2v) is 6.83. The van der Waals surface area contributed by atoms with Gasteiger partial charge in [0.25, 0.3) is 0 Å². The lowest BCUT2D eigenvalue weighted by molar-refractivity contribution is 0.122. The number of pyridine rings is 1. The summed E-state index contributed by atoms with van der Waals surface area (Å²) in [5.41, 5.74) is 4.33. The fourth-order valence-electron chi connectivity index (χ4n) is 2.85. The predicted octanol–water partition coefficient (Wildman–Crippen LogP) is 4.09. The number of morpholine rings is 1. The van der Waals surface area contributed by atoms with Crippen molar-refractivity contribution in [1.29, 1.82) is 0 Å². The molecule has 128 valence electrons. The van der Waals surface area contributed by atoms with Crippen molar-refractivity contribution in [2.75, 3.05) is 36.5 Å². The number of ether oxygens (including phenoxy) is 1. The quantitative estimate of drug-likeness (QED) is 0.766. The molecular weight excluding hydrogens is 332 g/mol. The summed E-state index contributed by atoms with van der Waals surface area (Å²) in [5, 5.41) is 6.20. The van der Waals surface area contributed by atoms with Crippen molar-refractivity contribution in [1.82, 2.24) is 9.97 Å². The highest BCUT2D eigenvalue weighted by atomic mass is 32.1. The molecule has 0 saturated carbocycles. The Bertz CT molecular complexity index is 841. The molecule has 4 rings (SSSR count). The summed E-state index contributed by atoms with van der Waals surface area (Å²) in [4.78, 5) is 11.5. The molecule has 1 saturated heterocycles. The summed E-state index contributed by atoms with van der Waals surface area (Å²) >= 11 is 1.59. The number of nitrogens with zero attached hydrogens (tertiary/aromatic N) is 3. The van der Waals surface area contributed by atoms with E-state index >= 15 is 0 Å². The van der Waals surface area contributed by atoms with E-state index < -0.39 is 0 Å². The molecule has 0 bridgehead atoms. The van der Waals surface area contributed by atoms with Crippen molar-refractivity contribution in [3.8, 4) is 11.3 Å². The van der Waals surface area contributed by atoms with E-state index in [0.717, 1.165) is 54.2 Å². The molecule has 1 fully saturated rings. The van der Waals surface area contributed by atoms with E-state index in [1.165, 1.54) is 5.69 Å². The molecule has 5 nitrogen and oxygen atoms in total. The fraction of sp³-hybridized carbons (Fsp3) is 0.263. The van der Waals surface area contributed by atoms with Crippen molar-refractivity contribution < 1.29 is 4.74 Å². The fourth-order valence-corrected chi connectivity index (χ4v) is 3.58. The van der Waals surface area contributed by atoms with E-state index in [4.69, 9.17) is 4.74 Å². The number of nitrogens with one attached hydrogen (secondary N) is 1. The van der Waals surface area contributed by atoms with E-state index in [0.29, 0.717) is 0 Å². The van der Waals surface area contributed by atoms with Crippen molar-refractivity contribution in [3.63, 3.8) is 0 Å². The molecular formula is C19H20N4OS. The molecule has 1 aliphatic heterocycles. The summed E-state index contributed by atoms with van der Waals surface area (Å²) < 4.78 is 5.41. The van der Waals surface area contributed by atoms with Gasteiger partial charge >= 0.3 is 0 Å². The van der Waals surface area contributed by atoms with Crippen LogP contribution in [0.3, 0.4) is 0 Å². The average Bonchev–Trinajstić information content (AvgIpc) is 3.11. The number of rotatable bonds is 4. The van der Waals surface area contributed by atoms with Crippen LogP contribution < -0.4 is 10.2 Å². The smallest absolute Gasteiger partial charge is 0.188 e. The molecule has 2 aromatic heterocycles. The average molecular weight is 352 g/mol. The Morgan fingerprint density at radius 2 is 1.84 bits per heavy atom.